The van der Waals surface area contributed by atoms with Gasteiger partial charge < -0.3 is 15.4 Å². The molecule has 21 heavy (non-hydrogen) atoms. The maximum Gasteiger partial charge on any atom is 0.137 e. The molecule has 1 aromatic carbocycles. The Morgan fingerprint density at radius 1 is 1.19 bits per heavy atom. The van der Waals surface area contributed by atoms with E-state index in [1.54, 1.807) is 12.4 Å². The van der Waals surface area contributed by atoms with Crippen molar-refractivity contribution in [3.8, 4) is 5.75 Å². The van der Waals surface area contributed by atoms with Crippen LogP contribution in [0.3, 0.4) is 0 Å². The summed E-state index contributed by atoms with van der Waals surface area (Å²) in [5.74, 6) is 0.827. The number of halogens is 1. The van der Waals surface area contributed by atoms with Gasteiger partial charge in [-0.2, -0.15) is 0 Å². The van der Waals surface area contributed by atoms with Gasteiger partial charge in [-0.3, -0.25) is 4.98 Å². The standard InChI is InChI=1S/C16H18ClN3O/c17-14-4-1-5-15(18)16(14)20-9-6-12(7-10-20)21-13-3-2-8-19-11-13/h1-5,8,11-12H,6-7,9-10,18H2. The number of hydrogen-bond acceptors (Lipinski definition) is 4. The Hall–Kier alpha value is -1.94. The summed E-state index contributed by atoms with van der Waals surface area (Å²) in [6.07, 6.45) is 5.60. The predicted octanol–water partition coefficient (Wildman–Crippen LogP) is 3.37. The molecule has 1 fully saturated rings. The Morgan fingerprint density at radius 3 is 2.67 bits per heavy atom. The van der Waals surface area contributed by atoms with Gasteiger partial charge >= 0.3 is 0 Å². The molecule has 1 aliphatic rings. The summed E-state index contributed by atoms with van der Waals surface area (Å²) < 4.78 is 5.95. The number of para-hydroxylation sites is 1. The average Bonchev–Trinajstić information content (AvgIpc) is 2.50. The topological polar surface area (TPSA) is 51.4 Å². The number of nitrogens with zero attached hydrogens (tertiary/aromatic N) is 2. The maximum atomic E-state index is 6.27. The molecule has 4 nitrogen and oxygen atoms in total. The number of rotatable bonds is 3. The van der Waals surface area contributed by atoms with Crippen molar-refractivity contribution >= 4 is 23.0 Å². The molecule has 2 aromatic rings. The van der Waals surface area contributed by atoms with Crippen molar-refractivity contribution in [2.45, 2.75) is 18.9 Å². The van der Waals surface area contributed by atoms with E-state index in [-0.39, 0.29) is 6.10 Å². The first kappa shape index (κ1) is 14.0. The van der Waals surface area contributed by atoms with Crippen LogP contribution in [0.2, 0.25) is 5.02 Å². The molecular weight excluding hydrogens is 286 g/mol. The molecule has 0 atom stereocenters. The number of ether oxygens (including phenoxy) is 1. The fourth-order valence-corrected chi connectivity index (χ4v) is 2.97. The van der Waals surface area contributed by atoms with Crippen LogP contribution in [0, 0.1) is 0 Å². The lowest BCUT2D eigenvalue weighted by Crippen LogP contribution is -2.38. The summed E-state index contributed by atoms with van der Waals surface area (Å²) in [5, 5.41) is 0.710. The maximum absolute atomic E-state index is 6.27. The van der Waals surface area contributed by atoms with Gasteiger partial charge in [0.1, 0.15) is 11.9 Å². The van der Waals surface area contributed by atoms with Crippen molar-refractivity contribution < 1.29 is 4.74 Å². The van der Waals surface area contributed by atoms with Gasteiger partial charge in [0.15, 0.2) is 0 Å². The second kappa shape index (κ2) is 6.22. The van der Waals surface area contributed by atoms with E-state index < -0.39 is 0 Å². The molecule has 0 spiro atoms. The number of piperidine rings is 1. The van der Waals surface area contributed by atoms with E-state index in [2.05, 4.69) is 9.88 Å². The van der Waals surface area contributed by atoms with E-state index in [1.165, 1.54) is 0 Å². The van der Waals surface area contributed by atoms with E-state index in [0.29, 0.717) is 5.02 Å². The normalized spacial score (nSPS) is 16.0. The molecule has 5 heteroatoms. The number of nitrogen functional groups attached to an aromatic ring is 1. The molecule has 2 heterocycles. The third-order valence-corrected chi connectivity index (χ3v) is 4.02. The number of pyridine rings is 1. The predicted molar refractivity (Wildman–Crippen MR) is 86.0 cm³/mol. The Morgan fingerprint density at radius 2 is 2.00 bits per heavy atom. The van der Waals surface area contributed by atoms with Gasteiger partial charge in [-0.15, -0.1) is 0 Å². The van der Waals surface area contributed by atoms with Crippen molar-refractivity contribution in [2.75, 3.05) is 23.7 Å². The Labute approximate surface area is 129 Å². The van der Waals surface area contributed by atoms with Crippen molar-refractivity contribution in [1.29, 1.82) is 0 Å². The van der Waals surface area contributed by atoms with Gasteiger partial charge in [-0.05, 0) is 24.3 Å². The van der Waals surface area contributed by atoms with E-state index in [9.17, 15) is 0 Å². The van der Waals surface area contributed by atoms with E-state index in [4.69, 9.17) is 22.1 Å². The number of nitrogens with two attached hydrogens (primary N) is 1. The first-order valence-corrected chi connectivity index (χ1v) is 7.47. The SMILES string of the molecule is Nc1cccc(Cl)c1N1CCC(Oc2cccnc2)CC1. The third kappa shape index (κ3) is 3.22. The second-order valence-electron chi connectivity index (χ2n) is 5.17. The summed E-state index contributed by atoms with van der Waals surface area (Å²) in [7, 11) is 0. The van der Waals surface area contributed by atoms with Crippen LogP contribution in [0.1, 0.15) is 12.8 Å². The summed E-state index contributed by atoms with van der Waals surface area (Å²) in [6.45, 7) is 1.78. The quantitative estimate of drug-likeness (QED) is 0.883. The monoisotopic (exact) mass is 303 g/mol. The fraction of sp³-hybridized carbons (Fsp3) is 0.312. The molecule has 1 saturated heterocycles. The molecule has 0 amide bonds. The van der Waals surface area contributed by atoms with Crippen LogP contribution in [0.4, 0.5) is 11.4 Å². The Kier molecular flexibility index (Phi) is 4.15. The van der Waals surface area contributed by atoms with Gasteiger partial charge in [0.05, 0.1) is 22.6 Å². The first-order chi connectivity index (χ1) is 10.2. The number of benzene rings is 1. The highest BCUT2D eigenvalue weighted by Crippen LogP contribution is 2.34. The molecule has 1 aromatic heterocycles. The Balaban J connectivity index is 1.63. The largest absolute Gasteiger partial charge is 0.489 e. The molecule has 0 saturated carbocycles. The van der Waals surface area contributed by atoms with Gasteiger partial charge in [-0.25, -0.2) is 0 Å². The van der Waals surface area contributed by atoms with Crippen LogP contribution in [0.15, 0.2) is 42.7 Å². The number of hydrogen-bond donors (Lipinski definition) is 1. The number of anilines is 2. The zero-order valence-corrected chi connectivity index (χ0v) is 12.5. The Bertz CT molecular complexity index is 577. The van der Waals surface area contributed by atoms with E-state index in [0.717, 1.165) is 43.1 Å². The molecule has 110 valence electrons. The molecule has 1 aliphatic heterocycles. The lowest BCUT2D eigenvalue weighted by molar-refractivity contribution is 0.170. The highest BCUT2D eigenvalue weighted by Gasteiger charge is 2.23. The van der Waals surface area contributed by atoms with E-state index in [1.807, 2.05) is 30.3 Å². The lowest BCUT2D eigenvalue weighted by atomic mass is 10.1. The van der Waals surface area contributed by atoms with Crippen LogP contribution in [-0.2, 0) is 0 Å². The van der Waals surface area contributed by atoms with Crippen LogP contribution in [-0.4, -0.2) is 24.2 Å². The molecular formula is C16H18ClN3O. The molecule has 0 bridgehead atoms. The van der Waals surface area contributed by atoms with Crippen molar-refractivity contribution in [3.63, 3.8) is 0 Å². The molecule has 0 aliphatic carbocycles. The average molecular weight is 304 g/mol. The molecule has 2 N–H and O–H groups in total. The zero-order chi connectivity index (χ0) is 14.7. The number of aromatic nitrogens is 1. The van der Waals surface area contributed by atoms with Gasteiger partial charge in [0, 0.05) is 32.1 Å². The summed E-state index contributed by atoms with van der Waals surface area (Å²) >= 11 is 6.27. The van der Waals surface area contributed by atoms with E-state index >= 15 is 0 Å². The minimum absolute atomic E-state index is 0.217. The highest BCUT2D eigenvalue weighted by atomic mass is 35.5. The zero-order valence-electron chi connectivity index (χ0n) is 11.7. The summed E-state index contributed by atoms with van der Waals surface area (Å²) in [5.41, 5.74) is 7.72. The van der Waals surface area contributed by atoms with Crippen LogP contribution in [0.25, 0.3) is 0 Å². The van der Waals surface area contributed by atoms with Crippen LogP contribution < -0.4 is 15.4 Å². The second-order valence-corrected chi connectivity index (χ2v) is 5.58. The first-order valence-electron chi connectivity index (χ1n) is 7.09. The fourth-order valence-electron chi connectivity index (χ4n) is 2.67. The summed E-state index contributed by atoms with van der Waals surface area (Å²) in [6, 6.07) is 9.46. The van der Waals surface area contributed by atoms with Gasteiger partial charge in [0.2, 0.25) is 0 Å². The van der Waals surface area contributed by atoms with Crippen LogP contribution >= 0.6 is 11.6 Å². The van der Waals surface area contributed by atoms with Crippen molar-refractivity contribution in [2.24, 2.45) is 0 Å². The summed E-state index contributed by atoms with van der Waals surface area (Å²) in [4.78, 5) is 6.30. The highest BCUT2D eigenvalue weighted by molar-refractivity contribution is 6.34. The molecule has 0 radical (unpaired) electrons. The third-order valence-electron chi connectivity index (χ3n) is 3.71. The van der Waals surface area contributed by atoms with Crippen LogP contribution in [0.5, 0.6) is 5.75 Å². The van der Waals surface area contributed by atoms with Gasteiger partial charge in [-0.1, -0.05) is 17.7 Å². The minimum Gasteiger partial charge on any atom is -0.489 e. The lowest BCUT2D eigenvalue weighted by Gasteiger charge is -2.34. The van der Waals surface area contributed by atoms with Crippen molar-refractivity contribution in [3.05, 3.63) is 47.7 Å². The van der Waals surface area contributed by atoms with Crippen molar-refractivity contribution in [1.82, 2.24) is 4.98 Å². The minimum atomic E-state index is 0.217. The molecule has 3 rings (SSSR count). The smallest absolute Gasteiger partial charge is 0.137 e. The van der Waals surface area contributed by atoms with Gasteiger partial charge in [0.25, 0.3) is 0 Å². The molecule has 0 unspecified atom stereocenters.